The molecule has 3 nitrogen and oxygen atoms in total. The van der Waals surface area contributed by atoms with Crippen LogP contribution in [0.5, 0.6) is 5.75 Å². The topological polar surface area (TPSA) is 29.5 Å². The van der Waals surface area contributed by atoms with Gasteiger partial charge in [0.15, 0.2) is 0 Å². The third-order valence-corrected chi connectivity index (χ3v) is 4.57. The first-order chi connectivity index (χ1) is 9.15. The molecule has 104 valence electrons. The van der Waals surface area contributed by atoms with E-state index in [1.54, 1.807) is 25.3 Å². The Morgan fingerprint density at radius 3 is 3.05 bits per heavy atom. The lowest BCUT2D eigenvalue weighted by Crippen LogP contribution is -2.40. The number of carbonyl (C=O) groups is 1. The summed E-state index contributed by atoms with van der Waals surface area (Å²) in [4.78, 5) is 14.5. The first-order valence-corrected chi connectivity index (χ1v) is 7.84. The molecule has 0 aromatic heterocycles. The van der Waals surface area contributed by atoms with E-state index in [0.29, 0.717) is 22.3 Å². The van der Waals surface area contributed by atoms with Crippen molar-refractivity contribution in [2.45, 2.75) is 12.8 Å². The highest BCUT2D eigenvalue weighted by atomic mass is 79.9. The first kappa shape index (κ1) is 14.7. The molecule has 0 N–H and O–H groups in total. The van der Waals surface area contributed by atoms with Gasteiger partial charge in [-0.25, -0.2) is 0 Å². The molecule has 5 heteroatoms. The fourth-order valence-electron chi connectivity index (χ4n) is 2.39. The Morgan fingerprint density at radius 2 is 2.37 bits per heavy atom. The van der Waals surface area contributed by atoms with Crippen LogP contribution in [0.15, 0.2) is 18.2 Å². The molecule has 0 spiro atoms. The number of nitrogens with zero attached hydrogens (tertiary/aromatic N) is 1. The summed E-state index contributed by atoms with van der Waals surface area (Å²) in [6, 6.07) is 5.15. The summed E-state index contributed by atoms with van der Waals surface area (Å²) in [5.74, 6) is 1.11. The molecule has 1 saturated heterocycles. The van der Waals surface area contributed by atoms with Crippen molar-refractivity contribution >= 4 is 33.4 Å². The monoisotopic (exact) mass is 345 g/mol. The average molecular weight is 347 g/mol. The van der Waals surface area contributed by atoms with Gasteiger partial charge in [-0.2, -0.15) is 0 Å². The van der Waals surface area contributed by atoms with E-state index >= 15 is 0 Å². The van der Waals surface area contributed by atoms with Gasteiger partial charge in [-0.05, 0) is 37.0 Å². The van der Waals surface area contributed by atoms with Crippen LogP contribution in [-0.4, -0.2) is 36.3 Å². The van der Waals surface area contributed by atoms with Crippen molar-refractivity contribution < 1.29 is 9.53 Å². The molecule has 0 radical (unpaired) electrons. The molecule has 1 aliphatic heterocycles. The van der Waals surface area contributed by atoms with E-state index in [1.165, 1.54) is 6.42 Å². The standard InChI is InChI=1S/C14H17BrClNO2/c1-19-13-5-4-11(16)7-12(13)14(18)17-6-2-3-10(8-15)9-17/h4-5,7,10H,2-3,6,8-9H2,1H3. The Bertz CT molecular complexity index is 467. The van der Waals surface area contributed by atoms with E-state index in [2.05, 4.69) is 15.9 Å². The van der Waals surface area contributed by atoms with E-state index in [9.17, 15) is 4.79 Å². The largest absolute Gasteiger partial charge is 0.496 e. The van der Waals surface area contributed by atoms with Crippen molar-refractivity contribution in [1.82, 2.24) is 4.90 Å². The summed E-state index contributed by atoms with van der Waals surface area (Å²) in [6.45, 7) is 1.59. The van der Waals surface area contributed by atoms with Gasteiger partial charge in [0.25, 0.3) is 5.91 Å². The predicted molar refractivity (Wildman–Crippen MR) is 80.4 cm³/mol. The van der Waals surface area contributed by atoms with Gasteiger partial charge in [0, 0.05) is 23.4 Å². The Hall–Kier alpha value is -0.740. The molecule has 1 unspecified atom stereocenters. The number of piperidine rings is 1. The number of hydrogen-bond donors (Lipinski definition) is 0. The Morgan fingerprint density at radius 1 is 1.58 bits per heavy atom. The number of rotatable bonds is 3. The SMILES string of the molecule is COc1ccc(Cl)cc1C(=O)N1CCCC(CBr)C1. The summed E-state index contributed by atoms with van der Waals surface area (Å²) in [5.41, 5.74) is 0.547. The summed E-state index contributed by atoms with van der Waals surface area (Å²) < 4.78 is 5.25. The van der Waals surface area contributed by atoms with Gasteiger partial charge >= 0.3 is 0 Å². The fraction of sp³-hybridized carbons (Fsp3) is 0.500. The second kappa shape index (κ2) is 6.62. The number of methoxy groups -OCH3 is 1. The number of carbonyl (C=O) groups excluding carboxylic acids is 1. The van der Waals surface area contributed by atoms with Crippen molar-refractivity contribution in [3.63, 3.8) is 0 Å². The van der Waals surface area contributed by atoms with Gasteiger partial charge in [-0.3, -0.25) is 4.79 Å². The number of benzene rings is 1. The molecule has 1 fully saturated rings. The summed E-state index contributed by atoms with van der Waals surface area (Å²) >= 11 is 9.48. The molecule has 1 aromatic carbocycles. The van der Waals surface area contributed by atoms with E-state index in [-0.39, 0.29) is 5.91 Å². The fourth-order valence-corrected chi connectivity index (χ4v) is 3.09. The van der Waals surface area contributed by atoms with Crippen LogP contribution in [0.4, 0.5) is 0 Å². The Balaban J connectivity index is 2.21. The lowest BCUT2D eigenvalue weighted by atomic mass is 9.99. The molecular weight excluding hydrogens is 330 g/mol. The highest BCUT2D eigenvalue weighted by Crippen LogP contribution is 2.26. The number of ether oxygens (including phenoxy) is 1. The van der Waals surface area contributed by atoms with Crippen LogP contribution in [0.1, 0.15) is 23.2 Å². The number of alkyl halides is 1. The third kappa shape index (κ3) is 3.42. The maximum atomic E-state index is 12.6. The second-order valence-corrected chi connectivity index (χ2v) is 5.84. The third-order valence-electron chi connectivity index (χ3n) is 3.42. The maximum Gasteiger partial charge on any atom is 0.257 e. The van der Waals surface area contributed by atoms with Crippen molar-refractivity contribution in [2.24, 2.45) is 5.92 Å². The van der Waals surface area contributed by atoms with E-state index < -0.39 is 0 Å². The van der Waals surface area contributed by atoms with Gasteiger partial charge in [0.1, 0.15) is 5.75 Å². The number of halogens is 2. The van der Waals surface area contributed by atoms with Crippen LogP contribution in [0.3, 0.4) is 0 Å². The second-order valence-electron chi connectivity index (χ2n) is 4.76. The summed E-state index contributed by atoms with van der Waals surface area (Å²) in [6.07, 6.45) is 2.21. The number of hydrogen-bond acceptors (Lipinski definition) is 2. The minimum Gasteiger partial charge on any atom is -0.496 e. The highest BCUT2D eigenvalue weighted by molar-refractivity contribution is 9.09. The molecule has 19 heavy (non-hydrogen) atoms. The summed E-state index contributed by atoms with van der Waals surface area (Å²) in [5, 5.41) is 1.49. The van der Waals surface area contributed by atoms with Crippen LogP contribution in [0, 0.1) is 5.92 Å². The molecule has 1 atom stereocenters. The smallest absolute Gasteiger partial charge is 0.257 e. The average Bonchev–Trinajstić information content (AvgIpc) is 2.46. The van der Waals surface area contributed by atoms with Crippen LogP contribution < -0.4 is 4.74 Å². The van der Waals surface area contributed by atoms with Crippen LogP contribution in [0.2, 0.25) is 5.02 Å². The van der Waals surface area contributed by atoms with Gasteiger partial charge in [0.2, 0.25) is 0 Å². The molecule has 1 heterocycles. The Kier molecular flexibility index (Phi) is 5.11. The van der Waals surface area contributed by atoms with Gasteiger partial charge in [-0.15, -0.1) is 0 Å². The molecule has 0 bridgehead atoms. The number of likely N-dealkylation sites (tertiary alicyclic amines) is 1. The lowest BCUT2D eigenvalue weighted by Gasteiger charge is -2.32. The zero-order chi connectivity index (χ0) is 13.8. The lowest BCUT2D eigenvalue weighted by molar-refractivity contribution is 0.0682. The molecule has 1 aromatic rings. The zero-order valence-electron chi connectivity index (χ0n) is 10.9. The number of amides is 1. The predicted octanol–water partition coefficient (Wildman–Crippen LogP) is 3.60. The van der Waals surface area contributed by atoms with Crippen LogP contribution in [-0.2, 0) is 0 Å². The summed E-state index contributed by atoms with van der Waals surface area (Å²) in [7, 11) is 1.57. The Labute approximate surface area is 127 Å². The van der Waals surface area contributed by atoms with Crippen molar-refractivity contribution in [1.29, 1.82) is 0 Å². The normalized spacial score (nSPS) is 19.3. The zero-order valence-corrected chi connectivity index (χ0v) is 13.2. The molecule has 1 amide bonds. The van der Waals surface area contributed by atoms with E-state index in [1.807, 2.05) is 4.90 Å². The van der Waals surface area contributed by atoms with Crippen LogP contribution in [0.25, 0.3) is 0 Å². The van der Waals surface area contributed by atoms with Crippen molar-refractivity contribution in [3.05, 3.63) is 28.8 Å². The quantitative estimate of drug-likeness (QED) is 0.783. The van der Waals surface area contributed by atoms with Gasteiger partial charge in [-0.1, -0.05) is 27.5 Å². The van der Waals surface area contributed by atoms with E-state index in [0.717, 1.165) is 24.8 Å². The van der Waals surface area contributed by atoms with Crippen molar-refractivity contribution in [2.75, 3.05) is 25.5 Å². The molecule has 2 rings (SSSR count). The van der Waals surface area contributed by atoms with Gasteiger partial charge in [0.05, 0.1) is 12.7 Å². The van der Waals surface area contributed by atoms with E-state index in [4.69, 9.17) is 16.3 Å². The first-order valence-electron chi connectivity index (χ1n) is 6.34. The molecule has 1 aliphatic rings. The molecular formula is C14H17BrClNO2. The molecule has 0 aliphatic carbocycles. The minimum absolute atomic E-state index is 0.00463. The van der Waals surface area contributed by atoms with Crippen molar-refractivity contribution in [3.8, 4) is 5.75 Å². The molecule has 0 saturated carbocycles. The van der Waals surface area contributed by atoms with Crippen LogP contribution >= 0.6 is 27.5 Å². The van der Waals surface area contributed by atoms with Gasteiger partial charge < -0.3 is 9.64 Å². The highest BCUT2D eigenvalue weighted by Gasteiger charge is 2.25. The maximum absolute atomic E-state index is 12.6. The minimum atomic E-state index is 0.00463.